The first kappa shape index (κ1) is 40.6. The van der Waals surface area contributed by atoms with Crippen LogP contribution >= 0.6 is 0 Å². The molecule has 2 fully saturated rings. The van der Waals surface area contributed by atoms with Crippen molar-refractivity contribution >= 4 is 5.97 Å². The van der Waals surface area contributed by atoms with Crippen molar-refractivity contribution in [1.82, 2.24) is 14.7 Å². The Bertz CT molecular complexity index is 1140. The fourth-order valence-electron chi connectivity index (χ4n) is 7.51. The second-order valence-electron chi connectivity index (χ2n) is 15.4. The highest BCUT2D eigenvalue weighted by Gasteiger charge is 2.51. The highest BCUT2D eigenvalue weighted by Crippen LogP contribution is 2.39. The Morgan fingerprint density at radius 2 is 1.77 bits per heavy atom. The molecule has 1 unspecified atom stereocenters. The Kier molecular flexibility index (Phi) is 15.1. The molecule has 48 heavy (non-hydrogen) atoms. The minimum atomic E-state index is -1.23. The van der Waals surface area contributed by atoms with Crippen molar-refractivity contribution < 1.29 is 38.7 Å². The molecular formula is C37H65N3O8. The quantitative estimate of drug-likeness (QED) is 0.412. The van der Waals surface area contributed by atoms with Gasteiger partial charge in [-0.2, -0.15) is 0 Å². The third-order valence-electron chi connectivity index (χ3n) is 10.4. The van der Waals surface area contributed by atoms with Gasteiger partial charge in [-0.15, -0.1) is 0 Å². The standard InChI is InChI=1S/C37H65N3O8/c1-25-22-37(6,45-11)33(48-34-31(41)30(38(7)8)20-26(2)47-34)27(3)32(42)36(4,5)35(43)46-19-13-16-40(18-17-39(9)23-25)24-28-14-12-15-29(21-28)44-10/h12,14-15,21,25-27,30-34,41-42H,13,16-20,22-24H2,1-11H3/t25-,26-,27+,30+,31-,32?,33-,34+,37-/m1/s1. The van der Waals surface area contributed by atoms with E-state index < -0.39 is 47.5 Å². The molecule has 0 radical (unpaired) electrons. The van der Waals surface area contributed by atoms with Crippen molar-refractivity contribution in [2.75, 3.05) is 68.1 Å². The van der Waals surface area contributed by atoms with Crippen LogP contribution in [0.5, 0.6) is 5.75 Å². The van der Waals surface area contributed by atoms with Crippen LogP contribution in [-0.4, -0.2) is 141 Å². The zero-order valence-electron chi connectivity index (χ0n) is 31.5. The second kappa shape index (κ2) is 17.9. The molecule has 0 aromatic heterocycles. The van der Waals surface area contributed by atoms with Gasteiger partial charge in [-0.05, 0) is 91.7 Å². The number of nitrogens with zero attached hydrogens (tertiary/aromatic N) is 3. The number of aliphatic hydroxyl groups excluding tert-OH is 2. The molecule has 2 heterocycles. The normalized spacial score (nSPS) is 35.6. The lowest BCUT2D eigenvalue weighted by Gasteiger charge is -2.48. The van der Waals surface area contributed by atoms with E-state index in [0.717, 1.165) is 44.0 Å². The topological polar surface area (TPSA) is 113 Å². The van der Waals surface area contributed by atoms with Gasteiger partial charge in [0.15, 0.2) is 6.29 Å². The van der Waals surface area contributed by atoms with Crippen LogP contribution in [0.2, 0.25) is 0 Å². The molecule has 2 N–H and O–H groups in total. The number of carbonyl (C=O) groups is 1. The van der Waals surface area contributed by atoms with E-state index in [1.165, 1.54) is 0 Å². The van der Waals surface area contributed by atoms with Gasteiger partial charge in [-0.25, -0.2) is 0 Å². The van der Waals surface area contributed by atoms with Crippen LogP contribution in [0.15, 0.2) is 24.3 Å². The van der Waals surface area contributed by atoms with Gasteiger partial charge in [0.2, 0.25) is 0 Å². The van der Waals surface area contributed by atoms with Crippen LogP contribution in [0.3, 0.4) is 0 Å². The van der Waals surface area contributed by atoms with Gasteiger partial charge in [0.1, 0.15) is 11.9 Å². The minimum Gasteiger partial charge on any atom is -0.497 e. The molecule has 11 nitrogen and oxygen atoms in total. The van der Waals surface area contributed by atoms with Gasteiger partial charge in [0.05, 0.1) is 43.0 Å². The van der Waals surface area contributed by atoms with Gasteiger partial charge >= 0.3 is 5.97 Å². The maximum atomic E-state index is 13.6. The number of carbonyl (C=O) groups excluding carboxylic acids is 1. The number of hydrogen-bond acceptors (Lipinski definition) is 11. The van der Waals surface area contributed by atoms with Gasteiger partial charge in [-0.1, -0.05) is 26.0 Å². The maximum absolute atomic E-state index is 13.6. The van der Waals surface area contributed by atoms with Gasteiger partial charge in [0.25, 0.3) is 0 Å². The first-order valence-corrected chi connectivity index (χ1v) is 17.6. The molecule has 3 rings (SSSR count). The van der Waals surface area contributed by atoms with Crippen LogP contribution in [0.25, 0.3) is 0 Å². The van der Waals surface area contributed by atoms with Crippen LogP contribution in [0, 0.1) is 17.3 Å². The molecule has 11 heteroatoms. The highest BCUT2D eigenvalue weighted by atomic mass is 16.7. The lowest BCUT2D eigenvalue weighted by Crippen LogP contribution is -2.60. The predicted octanol–water partition coefficient (Wildman–Crippen LogP) is 3.64. The summed E-state index contributed by atoms with van der Waals surface area (Å²) in [6, 6.07) is 7.95. The average molecular weight is 680 g/mol. The first-order chi connectivity index (χ1) is 22.5. The smallest absolute Gasteiger partial charge is 0.314 e. The van der Waals surface area contributed by atoms with Crippen molar-refractivity contribution in [2.24, 2.45) is 17.3 Å². The Labute approximate surface area is 289 Å². The van der Waals surface area contributed by atoms with Crippen LogP contribution < -0.4 is 4.74 Å². The van der Waals surface area contributed by atoms with Crippen molar-refractivity contribution in [3.63, 3.8) is 0 Å². The third kappa shape index (κ3) is 10.6. The molecule has 0 spiro atoms. The number of cyclic esters (lactones) is 1. The van der Waals surface area contributed by atoms with Gasteiger partial charge in [0, 0.05) is 51.8 Å². The van der Waals surface area contributed by atoms with Crippen molar-refractivity contribution in [3.8, 4) is 5.75 Å². The number of aliphatic hydroxyl groups is 2. The summed E-state index contributed by atoms with van der Waals surface area (Å²) in [6.07, 6.45) is -1.91. The molecule has 276 valence electrons. The van der Waals surface area contributed by atoms with Crippen LogP contribution in [-0.2, 0) is 30.3 Å². The highest BCUT2D eigenvalue weighted by molar-refractivity contribution is 5.76. The predicted molar refractivity (Wildman–Crippen MR) is 187 cm³/mol. The van der Waals surface area contributed by atoms with E-state index in [9.17, 15) is 15.0 Å². The lowest BCUT2D eigenvalue weighted by atomic mass is 9.73. The van der Waals surface area contributed by atoms with Crippen molar-refractivity contribution in [1.29, 1.82) is 0 Å². The summed E-state index contributed by atoms with van der Waals surface area (Å²) in [7, 11) is 9.35. The Hall–Kier alpha value is -1.83. The van der Waals surface area contributed by atoms with E-state index in [4.69, 9.17) is 23.7 Å². The van der Waals surface area contributed by atoms with Crippen molar-refractivity contribution in [3.05, 3.63) is 29.8 Å². The summed E-state index contributed by atoms with van der Waals surface area (Å²) in [4.78, 5) is 20.3. The lowest BCUT2D eigenvalue weighted by molar-refractivity contribution is -0.302. The summed E-state index contributed by atoms with van der Waals surface area (Å²) in [5.74, 6) is -0.0245. The van der Waals surface area contributed by atoms with Crippen molar-refractivity contribution in [2.45, 2.75) is 110 Å². The Morgan fingerprint density at radius 1 is 1.06 bits per heavy atom. The molecule has 0 amide bonds. The van der Waals surface area contributed by atoms with Gasteiger partial charge in [-0.3, -0.25) is 9.69 Å². The van der Waals surface area contributed by atoms with Crippen LogP contribution in [0.4, 0.5) is 0 Å². The summed E-state index contributed by atoms with van der Waals surface area (Å²) >= 11 is 0. The number of hydrogen-bond donors (Lipinski definition) is 2. The fourth-order valence-corrected chi connectivity index (χ4v) is 7.51. The number of likely N-dealkylation sites (N-methyl/N-ethyl adjacent to an activating group) is 2. The van der Waals surface area contributed by atoms with Crippen LogP contribution in [0.1, 0.15) is 66.4 Å². The molecule has 0 aliphatic carbocycles. The fraction of sp³-hybridized carbons (Fsp3) is 0.811. The average Bonchev–Trinajstić information content (AvgIpc) is 3.03. The molecule has 2 saturated heterocycles. The Morgan fingerprint density at radius 3 is 2.42 bits per heavy atom. The molecule has 0 saturated carbocycles. The summed E-state index contributed by atoms with van der Waals surface area (Å²) in [6.45, 7) is 15.7. The number of esters is 1. The number of benzene rings is 1. The molecule has 2 aliphatic rings. The number of methoxy groups -OCH3 is 2. The van der Waals surface area contributed by atoms with E-state index in [-0.39, 0.29) is 24.7 Å². The molecule has 2 aliphatic heterocycles. The molecule has 0 bridgehead atoms. The van der Waals surface area contributed by atoms with E-state index in [1.54, 1.807) is 28.1 Å². The summed E-state index contributed by atoms with van der Waals surface area (Å²) in [5, 5.41) is 23.3. The number of ether oxygens (including phenoxy) is 5. The van der Waals surface area contributed by atoms with E-state index in [1.807, 2.05) is 51.9 Å². The molecule has 1 aromatic rings. The van der Waals surface area contributed by atoms with E-state index in [0.29, 0.717) is 19.3 Å². The van der Waals surface area contributed by atoms with Gasteiger partial charge < -0.3 is 43.7 Å². The Balaban J connectivity index is 1.92. The SMILES string of the molecule is COc1cccc(CN2CCCOC(=O)C(C)(C)C(O)[C@H](C)[C@@H](O[C@@H]3O[C@H](C)C[C@H](N(C)C)[C@H]3O)[C@](C)(OC)C[C@@H](C)CN(C)CC2)c1. The molecule has 1 aromatic carbocycles. The largest absolute Gasteiger partial charge is 0.497 e. The maximum Gasteiger partial charge on any atom is 0.314 e. The monoisotopic (exact) mass is 679 g/mol. The number of rotatable bonds is 7. The minimum absolute atomic E-state index is 0.141. The third-order valence-corrected chi connectivity index (χ3v) is 10.4. The first-order valence-electron chi connectivity index (χ1n) is 17.6. The van der Waals surface area contributed by atoms with E-state index in [2.05, 4.69) is 35.9 Å². The molecule has 9 atom stereocenters. The summed E-state index contributed by atoms with van der Waals surface area (Å²) < 4.78 is 30.5. The van der Waals surface area contributed by atoms with E-state index >= 15 is 0 Å². The zero-order valence-corrected chi connectivity index (χ0v) is 31.5. The molecular weight excluding hydrogens is 614 g/mol. The summed E-state index contributed by atoms with van der Waals surface area (Å²) in [5.41, 5.74) is -0.960. The zero-order chi connectivity index (χ0) is 35.8. The second-order valence-corrected chi connectivity index (χ2v) is 15.4.